The second-order valence-corrected chi connectivity index (χ2v) is 8.22. The van der Waals surface area contributed by atoms with Crippen LogP contribution in [0.4, 0.5) is 5.69 Å². The van der Waals surface area contributed by atoms with Crippen molar-refractivity contribution in [1.29, 1.82) is 0 Å². The van der Waals surface area contributed by atoms with Crippen LogP contribution in [0.15, 0.2) is 18.2 Å². The van der Waals surface area contributed by atoms with Crippen LogP contribution in [0.3, 0.4) is 0 Å². The van der Waals surface area contributed by atoms with Gasteiger partial charge in [-0.2, -0.15) is 0 Å². The summed E-state index contributed by atoms with van der Waals surface area (Å²) in [5.41, 5.74) is 2.94. The predicted molar refractivity (Wildman–Crippen MR) is 95.9 cm³/mol. The van der Waals surface area contributed by atoms with E-state index in [2.05, 4.69) is 74.9 Å². The van der Waals surface area contributed by atoms with Crippen molar-refractivity contribution < 1.29 is 9.59 Å². The molecular weight excluding hydrogens is 342 g/mol. The zero-order chi connectivity index (χ0) is 17.1. The van der Waals surface area contributed by atoms with Crippen LogP contribution < -0.4 is 5.32 Å². The van der Waals surface area contributed by atoms with Crippen molar-refractivity contribution in [3.05, 3.63) is 29.3 Å². The van der Waals surface area contributed by atoms with Crippen LogP contribution >= 0.6 is 15.9 Å². The van der Waals surface area contributed by atoms with Crippen LogP contribution in [0.2, 0.25) is 0 Å². The number of carbonyl (C=O) groups is 2. The highest BCUT2D eigenvalue weighted by Gasteiger charge is 2.22. The summed E-state index contributed by atoms with van der Waals surface area (Å²) in [5.74, 6) is -0.386. The number of rotatable bonds is 4. The van der Waals surface area contributed by atoms with Crippen LogP contribution in [-0.4, -0.2) is 17.0 Å². The first kappa shape index (κ1) is 18.9. The molecule has 122 valence electrons. The molecule has 0 aromatic heterocycles. The Morgan fingerprint density at radius 2 is 1.64 bits per heavy atom. The van der Waals surface area contributed by atoms with Crippen molar-refractivity contribution in [2.75, 3.05) is 10.6 Å². The molecule has 1 aromatic carbocycles. The van der Waals surface area contributed by atoms with Gasteiger partial charge in [-0.15, -0.1) is 0 Å². The second kappa shape index (κ2) is 6.95. The fraction of sp³-hybridized carbons (Fsp3) is 0.556. The van der Waals surface area contributed by atoms with Crippen molar-refractivity contribution in [2.24, 2.45) is 0 Å². The molecule has 3 nitrogen and oxygen atoms in total. The molecule has 0 aliphatic heterocycles. The SMILES string of the molecule is CC(C)(C)c1ccc(C(C)(C)C)c(NC(=O)CC(=O)CBr)c1. The first-order valence-corrected chi connectivity index (χ1v) is 8.60. The fourth-order valence-electron chi connectivity index (χ4n) is 2.19. The maximum atomic E-state index is 12.1. The molecule has 0 spiro atoms. The summed E-state index contributed by atoms with van der Waals surface area (Å²) in [5, 5.41) is 3.12. The molecular formula is C18H26BrNO2. The zero-order valence-electron chi connectivity index (χ0n) is 14.3. The van der Waals surface area contributed by atoms with Gasteiger partial charge in [0.05, 0.1) is 11.8 Å². The van der Waals surface area contributed by atoms with Gasteiger partial charge in [0.15, 0.2) is 5.78 Å². The molecule has 0 saturated carbocycles. The molecule has 1 aromatic rings. The van der Waals surface area contributed by atoms with Gasteiger partial charge < -0.3 is 5.32 Å². The van der Waals surface area contributed by atoms with Crippen molar-refractivity contribution in [2.45, 2.75) is 58.8 Å². The highest BCUT2D eigenvalue weighted by Crippen LogP contribution is 2.33. The number of halogens is 1. The van der Waals surface area contributed by atoms with E-state index in [4.69, 9.17) is 0 Å². The number of anilines is 1. The normalized spacial score (nSPS) is 12.1. The monoisotopic (exact) mass is 367 g/mol. The van der Waals surface area contributed by atoms with Crippen LogP contribution in [0.5, 0.6) is 0 Å². The molecule has 0 unspecified atom stereocenters. The van der Waals surface area contributed by atoms with E-state index in [1.54, 1.807) is 0 Å². The van der Waals surface area contributed by atoms with Crippen LogP contribution in [0, 0.1) is 0 Å². The number of hydrogen-bond donors (Lipinski definition) is 1. The van der Waals surface area contributed by atoms with E-state index >= 15 is 0 Å². The summed E-state index contributed by atoms with van der Waals surface area (Å²) in [7, 11) is 0. The largest absolute Gasteiger partial charge is 0.325 e. The number of amides is 1. The number of benzene rings is 1. The van der Waals surface area contributed by atoms with Gasteiger partial charge in [0.2, 0.25) is 5.91 Å². The maximum absolute atomic E-state index is 12.1. The van der Waals surface area contributed by atoms with E-state index in [1.807, 2.05) is 6.07 Å². The second-order valence-electron chi connectivity index (χ2n) is 7.66. The summed E-state index contributed by atoms with van der Waals surface area (Å²) in [6.07, 6.45) is -0.103. The van der Waals surface area contributed by atoms with Gasteiger partial charge in [0, 0.05) is 5.69 Å². The standard InChI is InChI=1S/C18H26BrNO2/c1-17(2,3)12-7-8-14(18(4,5)6)15(9-12)20-16(22)10-13(21)11-19/h7-9H,10-11H2,1-6H3,(H,20,22). The lowest BCUT2D eigenvalue weighted by molar-refractivity contribution is -0.123. The molecule has 0 bridgehead atoms. The first-order valence-electron chi connectivity index (χ1n) is 7.47. The Balaban J connectivity index is 3.18. The minimum atomic E-state index is -0.263. The molecule has 1 amide bonds. The third-order valence-electron chi connectivity index (χ3n) is 3.47. The lowest BCUT2D eigenvalue weighted by atomic mass is 9.81. The summed E-state index contributed by atoms with van der Waals surface area (Å²) >= 11 is 3.08. The summed E-state index contributed by atoms with van der Waals surface area (Å²) in [6, 6.07) is 6.21. The summed E-state index contributed by atoms with van der Waals surface area (Å²) < 4.78 is 0. The maximum Gasteiger partial charge on any atom is 0.231 e. The molecule has 0 aliphatic carbocycles. The van der Waals surface area contributed by atoms with E-state index in [0.29, 0.717) is 0 Å². The van der Waals surface area contributed by atoms with Crippen LogP contribution in [-0.2, 0) is 20.4 Å². The van der Waals surface area contributed by atoms with Crippen molar-refractivity contribution in [1.82, 2.24) is 0 Å². The average Bonchev–Trinajstić information content (AvgIpc) is 2.35. The van der Waals surface area contributed by atoms with Gasteiger partial charge >= 0.3 is 0 Å². The number of hydrogen-bond acceptors (Lipinski definition) is 2. The van der Waals surface area contributed by atoms with Gasteiger partial charge in [-0.25, -0.2) is 0 Å². The van der Waals surface area contributed by atoms with E-state index in [9.17, 15) is 9.59 Å². The Labute approximate surface area is 142 Å². The third-order valence-corrected chi connectivity index (χ3v) is 4.10. The number of nitrogens with one attached hydrogen (secondary N) is 1. The van der Waals surface area contributed by atoms with Crippen LogP contribution in [0.25, 0.3) is 0 Å². The molecule has 0 saturated heterocycles. The average molecular weight is 368 g/mol. The van der Waals surface area contributed by atoms with Crippen molar-refractivity contribution >= 4 is 33.3 Å². The Morgan fingerprint density at radius 1 is 1.05 bits per heavy atom. The number of ketones is 1. The van der Waals surface area contributed by atoms with Crippen LogP contribution in [0.1, 0.15) is 59.1 Å². The Hall–Kier alpha value is -1.16. The Morgan fingerprint density at radius 3 is 2.09 bits per heavy atom. The van der Waals surface area contributed by atoms with Crippen molar-refractivity contribution in [3.63, 3.8) is 0 Å². The Kier molecular flexibility index (Phi) is 5.96. The highest BCUT2D eigenvalue weighted by atomic mass is 79.9. The van der Waals surface area contributed by atoms with E-state index in [0.717, 1.165) is 16.8 Å². The molecule has 1 N–H and O–H groups in total. The molecule has 4 heteroatoms. The van der Waals surface area contributed by atoms with E-state index in [1.165, 1.54) is 0 Å². The van der Waals surface area contributed by atoms with Crippen molar-refractivity contribution in [3.8, 4) is 0 Å². The molecule has 0 fully saturated rings. The Bertz CT molecular complexity index is 565. The summed E-state index contributed by atoms with van der Waals surface area (Å²) in [6.45, 7) is 12.7. The minimum absolute atomic E-state index is 0.00156. The third kappa shape index (κ3) is 5.24. The lowest BCUT2D eigenvalue weighted by Crippen LogP contribution is -2.22. The van der Waals surface area contributed by atoms with Gasteiger partial charge in [-0.1, -0.05) is 69.6 Å². The molecule has 1 rings (SSSR count). The first-order chi connectivity index (χ1) is 9.95. The van der Waals surface area contributed by atoms with Gasteiger partial charge in [0.1, 0.15) is 0 Å². The smallest absolute Gasteiger partial charge is 0.231 e. The van der Waals surface area contributed by atoms with E-state index < -0.39 is 0 Å². The fourth-order valence-corrected chi connectivity index (χ4v) is 2.39. The minimum Gasteiger partial charge on any atom is -0.325 e. The van der Waals surface area contributed by atoms with Gasteiger partial charge in [0.25, 0.3) is 0 Å². The summed E-state index contributed by atoms with van der Waals surface area (Å²) in [4.78, 5) is 23.5. The molecule has 0 atom stereocenters. The molecule has 0 aliphatic rings. The topological polar surface area (TPSA) is 46.2 Å². The molecule has 22 heavy (non-hydrogen) atoms. The number of alkyl halides is 1. The predicted octanol–water partition coefficient (Wildman–Crippen LogP) is 4.57. The van der Waals surface area contributed by atoms with E-state index in [-0.39, 0.29) is 34.3 Å². The number of carbonyl (C=O) groups excluding carboxylic acids is 2. The number of Topliss-reactive ketones (excluding diaryl/α,β-unsaturated/α-hetero) is 1. The molecule has 0 heterocycles. The molecule has 0 radical (unpaired) electrons. The quantitative estimate of drug-likeness (QED) is 0.625. The lowest BCUT2D eigenvalue weighted by Gasteiger charge is -2.27. The van der Waals surface area contributed by atoms with Gasteiger partial charge in [-0.05, 0) is 28.0 Å². The highest BCUT2D eigenvalue weighted by molar-refractivity contribution is 9.09. The van der Waals surface area contributed by atoms with Gasteiger partial charge in [-0.3, -0.25) is 9.59 Å². The zero-order valence-corrected chi connectivity index (χ0v) is 15.9.